The van der Waals surface area contributed by atoms with Crippen LogP contribution in [0.15, 0.2) is 36.5 Å². The first-order chi connectivity index (χ1) is 11.1. The molecular formula is C17H15N5O. The highest BCUT2D eigenvalue weighted by atomic mass is 16.2. The molecule has 0 bridgehead atoms. The molecule has 0 radical (unpaired) electrons. The number of amides is 1. The minimum absolute atomic E-state index is 0.298. The van der Waals surface area contributed by atoms with Gasteiger partial charge in [-0.25, -0.2) is 4.98 Å². The summed E-state index contributed by atoms with van der Waals surface area (Å²) in [5.41, 5.74) is 3.27. The molecule has 0 atom stereocenters. The average Bonchev–Trinajstić information content (AvgIpc) is 2.90. The maximum Gasteiger partial charge on any atom is 0.276 e. The molecule has 0 saturated carbocycles. The summed E-state index contributed by atoms with van der Waals surface area (Å²) in [5.74, 6) is 0.154. The fourth-order valence-corrected chi connectivity index (χ4v) is 2.50. The number of benzene rings is 1. The molecule has 0 fully saturated rings. The number of imidazole rings is 1. The van der Waals surface area contributed by atoms with Crippen molar-refractivity contribution in [2.75, 3.05) is 5.32 Å². The molecule has 114 valence electrons. The Balaban J connectivity index is 2.01. The van der Waals surface area contributed by atoms with E-state index in [4.69, 9.17) is 5.26 Å². The molecule has 0 spiro atoms. The molecular weight excluding hydrogens is 290 g/mol. The number of nitrogens with one attached hydrogen (secondary N) is 1. The number of rotatable bonds is 3. The van der Waals surface area contributed by atoms with E-state index in [1.54, 1.807) is 24.4 Å². The second-order valence-corrected chi connectivity index (χ2v) is 5.12. The van der Waals surface area contributed by atoms with Gasteiger partial charge in [-0.1, -0.05) is 6.07 Å². The zero-order valence-electron chi connectivity index (χ0n) is 12.9. The first kappa shape index (κ1) is 14.7. The number of nitriles is 1. The predicted molar refractivity (Wildman–Crippen MR) is 87.0 cm³/mol. The lowest BCUT2D eigenvalue weighted by atomic mass is 10.2. The van der Waals surface area contributed by atoms with Crippen LogP contribution in [0.3, 0.4) is 0 Å². The number of aromatic nitrogens is 3. The third kappa shape index (κ3) is 2.64. The van der Waals surface area contributed by atoms with Crippen molar-refractivity contribution < 1.29 is 4.79 Å². The number of nitrogens with zero attached hydrogens (tertiary/aromatic N) is 4. The van der Waals surface area contributed by atoms with Crippen LogP contribution in [-0.4, -0.2) is 20.4 Å². The number of hydrogen-bond acceptors (Lipinski definition) is 4. The summed E-state index contributed by atoms with van der Waals surface area (Å²) < 4.78 is 1.90. The summed E-state index contributed by atoms with van der Waals surface area (Å²) in [6, 6.07) is 11.0. The van der Waals surface area contributed by atoms with Crippen molar-refractivity contribution in [1.29, 1.82) is 5.26 Å². The van der Waals surface area contributed by atoms with Gasteiger partial charge in [0.05, 0.1) is 22.7 Å². The molecule has 1 N–H and O–H groups in total. The smallest absolute Gasteiger partial charge is 0.276 e. The van der Waals surface area contributed by atoms with Crippen LogP contribution < -0.4 is 5.32 Å². The molecule has 3 aromatic rings. The zero-order valence-corrected chi connectivity index (χ0v) is 12.9. The maximum atomic E-state index is 12.4. The summed E-state index contributed by atoms with van der Waals surface area (Å²) >= 11 is 0. The number of hydrogen-bond donors (Lipinski definition) is 1. The standard InChI is InChI=1S/C17H15N5O/c1-3-22-14-7-6-12(10-18)9-13(14)20-17(22)21-16(23)15-11(2)5-4-8-19-15/h4-9H,3H2,1-2H3,(H,20,21,23). The average molecular weight is 305 g/mol. The highest BCUT2D eigenvalue weighted by molar-refractivity contribution is 6.03. The first-order valence-electron chi connectivity index (χ1n) is 7.27. The minimum Gasteiger partial charge on any atom is -0.310 e. The lowest BCUT2D eigenvalue weighted by Crippen LogP contribution is -2.18. The number of anilines is 1. The van der Waals surface area contributed by atoms with Gasteiger partial charge in [0.2, 0.25) is 5.95 Å². The Hall–Kier alpha value is -3.20. The number of aryl methyl sites for hydroxylation is 2. The van der Waals surface area contributed by atoms with E-state index in [2.05, 4.69) is 21.4 Å². The van der Waals surface area contributed by atoms with Crippen LogP contribution in [0.2, 0.25) is 0 Å². The Bertz CT molecular complexity index is 936. The lowest BCUT2D eigenvalue weighted by molar-refractivity contribution is 0.102. The van der Waals surface area contributed by atoms with Crippen LogP contribution in [0.5, 0.6) is 0 Å². The second-order valence-electron chi connectivity index (χ2n) is 5.12. The van der Waals surface area contributed by atoms with Crippen molar-refractivity contribution in [3.63, 3.8) is 0 Å². The van der Waals surface area contributed by atoms with E-state index in [-0.39, 0.29) is 5.91 Å². The predicted octanol–water partition coefficient (Wildman–Crippen LogP) is 2.88. The van der Waals surface area contributed by atoms with Crippen LogP contribution in [0.25, 0.3) is 11.0 Å². The Labute approximate surface area is 133 Å². The molecule has 6 heteroatoms. The van der Waals surface area contributed by atoms with Crippen LogP contribution >= 0.6 is 0 Å². The van der Waals surface area contributed by atoms with Crippen LogP contribution in [0.4, 0.5) is 5.95 Å². The van der Waals surface area contributed by atoms with Gasteiger partial charge in [0.1, 0.15) is 5.69 Å². The molecule has 2 heterocycles. The second kappa shape index (κ2) is 5.89. The normalized spacial score (nSPS) is 10.5. The molecule has 2 aromatic heterocycles. The monoisotopic (exact) mass is 305 g/mol. The first-order valence-corrected chi connectivity index (χ1v) is 7.27. The molecule has 3 rings (SSSR count). The van der Waals surface area contributed by atoms with Crippen molar-refractivity contribution in [1.82, 2.24) is 14.5 Å². The van der Waals surface area contributed by atoms with E-state index in [9.17, 15) is 4.79 Å². The van der Waals surface area contributed by atoms with Gasteiger partial charge in [0, 0.05) is 12.7 Å². The minimum atomic E-state index is -0.298. The van der Waals surface area contributed by atoms with E-state index in [0.29, 0.717) is 29.3 Å². The number of pyridine rings is 1. The van der Waals surface area contributed by atoms with E-state index in [0.717, 1.165) is 11.1 Å². The van der Waals surface area contributed by atoms with Gasteiger partial charge in [-0.15, -0.1) is 0 Å². The fourth-order valence-electron chi connectivity index (χ4n) is 2.50. The largest absolute Gasteiger partial charge is 0.310 e. The maximum absolute atomic E-state index is 12.4. The van der Waals surface area contributed by atoms with Gasteiger partial charge in [0.15, 0.2) is 0 Å². The molecule has 0 unspecified atom stereocenters. The summed E-state index contributed by atoms with van der Waals surface area (Å²) in [6.45, 7) is 4.46. The Morgan fingerprint density at radius 3 is 2.91 bits per heavy atom. The highest BCUT2D eigenvalue weighted by Gasteiger charge is 2.16. The lowest BCUT2D eigenvalue weighted by Gasteiger charge is -2.08. The van der Waals surface area contributed by atoms with Gasteiger partial charge < -0.3 is 4.57 Å². The number of carbonyl (C=O) groups excluding carboxylic acids is 1. The van der Waals surface area contributed by atoms with Gasteiger partial charge in [-0.2, -0.15) is 5.26 Å². The van der Waals surface area contributed by atoms with E-state index >= 15 is 0 Å². The van der Waals surface area contributed by atoms with Crippen LogP contribution in [0.1, 0.15) is 28.5 Å². The molecule has 0 aliphatic heterocycles. The fraction of sp³-hybridized carbons (Fsp3) is 0.176. The Morgan fingerprint density at radius 2 is 2.22 bits per heavy atom. The van der Waals surface area contributed by atoms with Crippen molar-refractivity contribution in [3.05, 3.63) is 53.3 Å². The molecule has 6 nitrogen and oxygen atoms in total. The third-order valence-electron chi connectivity index (χ3n) is 3.64. The quantitative estimate of drug-likeness (QED) is 0.806. The molecule has 0 aliphatic carbocycles. The van der Waals surface area contributed by atoms with Gasteiger partial charge in [0.25, 0.3) is 5.91 Å². The van der Waals surface area contributed by atoms with Crippen LogP contribution in [-0.2, 0) is 6.54 Å². The molecule has 0 aliphatic rings. The van der Waals surface area contributed by atoms with Crippen molar-refractivity contribution in [2.24, 2.45) is 0 Å². The molecule has 1 aromatic carbocycles. The third-order valence-corrected chi connectivity index (χ3v) is 3.64. The summed E-state index contributed by atoms with van der Waals surface area (Å²) in [4.78, 5) is 21.0. The molecule has 23 heavy (non-hydrogen) atoms. The zero-order chi connectivity index (χ0) is 16.4. The highest BCUT2D eigenvalue weighted by Crippen LogP contribution is 2.21. The summed E-state index contributed by atoms with van der Waals surface area (Å²) in [6.07, 6.45) is 1.59. The van der Waals surface area contributed by atoms with Crippen molar-refractivity contribution in [2.45, 2.75) is 20.4 Å². The van der Waals surface area contributed by atoms with Gasteiger partial charge in [-0.3, -0.25) is 15.1 Å². The Morgan fingerprint density at radius 1 is 1.39 bits per heavy atom. The SMILES string of the molecule is CCn1c(NC(=O)c2ncccc2C)nc2cc(C#N)ccc21. The topological polar surface area (TPSA) is 83.6 Å². The summed E-state index contributed by atoms with van der Waals surface area (Å²) in [7, 11) is 0. The van der Waals surface area contributed by atoms with Crippen molar-refractivity contribution in [3.8, 4) is 6.07 Å². The molecule has 0 saturated heterocycles. The Kier molecular flexibility index (Phi) is 3.77. The van der Waals surface area contributed by atoms with Crippen molar-refractivity contribution >= 4 is 22.9 Å². The molecule has 1 amide bonds. The van der Waals surface area contributed by atoms with E-state index < -0.39 is 0 Å². The summed E-state index contributed by atoms with van der Waals surface area (Å²) in [5, 5.41) is 11.8. The van der Waals surface area contributed by atoms with E-state index in [1.165, 1.54) is 0 Å². The number of fused-ring (bicyclic) bond motifs is 1. The van der Waals surface area contributed by atoms with Gasteiger partial charge in [-0.05, 0) is 43.7 Å². The van der Waals surface area contributed by atoms with Gasteiger partial charge >= 0.3 is 0 Å². The van der Waals surface area contributed by atoms with E-state index in [1.807, 2.05) is 30.5 Å². The van der Waals surface area contributed by atoms with Crippen LogP contribution in [0, 0.1) is 18.3 Å². The number of carbonyl (C=O) groups is 1.